The van der Waals surface area contributed by atoms with Crippen molar-refractivity contribution in [3.05, 3.63) is 23.7 Å². The van der Waals surface area contributed by atoms with E-state index in [0.717, 1.165) is 13.1 Å². The Morgan fingerprint density at radius 2 is 2.17 bits per heavy atom. The van der Waals surface area contributed by atoms with Crippen molar-refractivity contribution in [3.8, 4) is 11.8 Å². The predicted molar refractivity (Wildman–Crippen MR) is 90.6 cm³/mol. The topological polar surface area (TPSA) is 74.9 Å². The van der Waals surface area contributed by atoms with Crippen molar-refractivity contribution in [2.75, 3.05) is 20.2 Å². The number of rotatable bonds is 4. The van der Waals surface area contributed by atoms with E-state index in [1.807, 2.05) is 0 Å². The summed E-state index contributed by atoms with van der Waals surface area (Å²) in [5.41, 5.74) is -1.11. The van der Waals surface area contributed by atoms with E-state index in [0.29, 0.717) is 11.8 Å². The fraction of sp³-hybridized carbons (Fsp3) is 0.611. The van der Waals surface area contributed by atoms with Gasteiger partial charge in [0.1, 0.15) is 5.60 Å². The van der Waals surface area contributed by atoms with Gasteiger partial charge in [0.25, 0.3) is 5.91 Å². The Morgan fingerprint density at radius 1 is 1.46 bits per heavy atom. The molecule has 2 N–H and O–H groups in total. The van der Waals surface area contributed by atoms with E-state index < -0.39 is 5.60 Å². The maximum absolute atomic E-state index is 12.4. The Kier molecular flexibility index (Phi) is 5.70. The molecule has 24 heavy (non-hydrogen) atoms. The molecule has 6 nitrogen and oxygen atoms in total. The van der Waals surface area contributed by atoms with Crippen LogP contribution in [0.15, 0.2) is 16.5 Å². The highest BCUT2D eigenvalue weighted by Crippen LogP contribution is 2.17. The summed E-state index contributed by atoms with van der Waals surface area (Å²) in [6.45, 7) is 8.95. The number of hydrogen-bond acceptors (Lipinski definition) is 5. The van der Waals surface area contributed by atoms with Crippen LogP contribution in [0, 0.1) is 11.8 Å². The third-order valence-electron chi connectivity index (χ3n) is 3.97. The minimum Gasteiger partial charge on any atom is -0.443 e. The van der Waals surface area contributed by atoms with Gasteiger partial charge in [0.05, 0.1) is 12.1 Å². The summed E-state index contributed by atoms with van der Waals surface area (Å²) < 4.78 is 10.9. The fourth-order valence-corrected chi connectivity index (χ4v) is 2.58. The van der Waals surface area contributed by atoms with Gasteiger partial charge in [-0.2, -0.15) is 0 Å². The van der Waals surface area contributed by atoms with E-state index in [2.05, 4.69) is 35.9 Å². The number of likely N-dealkylation sites (tertiary alicyclic amines) is 1. The van der Waals surface area contributed by atoms with Crippen molar-refractivity contribution in [1.82, 2.24) is 10.2 Å². The summed E-state index contributed by atoms with van der Waals surface area (Å²) >= 11 is 0. The van der Waals surface area contributed by atoms with E-state index in [9.17, 15) is 9.90 Å². The first kappa shape index (κ1) is 18.5. The summed E-state index contributed by atoms with van der Waals surface area (Å²) in [5, 5.41) is 12.6. The van der Waals surface area contributed by atoms with E-state index in [1.54, 1.807) is 33.1 Å². The summed E-state index contributed by atoms with van der Waals surface area (Å²) in [6, 6.07) is 3.52. The smallest absolute Gasteiger partial charge is 0.287 e. The fourth-order valence-electron chi connectivity index (χ4n) is 2.58. The van der Waals surface area contributed by atoms with Crippen molar-refractivity contribution in [2.24, 2.45) is 0 Å². The number of amides is 1. The van der Waals surface area contributed by atoms with Crippen LogP contribution in [0.25, 0.3) is 0 Å². The molecule has 1 aliphatic heterocycles. The molecule has 1 fully saturated rings. The summed E-state index contributed by atoms with van der Waals surface area (Å²) in [4.78, 5) is 14.6. The summed E-state index contributed by atoms with van der Waals surface area (Å²) in [5.74, 6) is 5.63. The SMILES string of the molecule is COC1CN(C(C)C)CC1NC(=O)c1ccc(C#CC(C)(C)O)o1. The number of nitrogens with zero attached hydrogens (tertiary/aromatic N) is 1. The highest BCUT2D eigenvalue weighted by Gasteiger charge is 2.35. The molecule has 0 radical (unpaired) electrons. The molecule has 1 aromatic heterocycles. The Bertz CT molecular complexity index is 633. The molecule has 0 spiro atoms. The molecule has 1 aliphatic rings. The number of furan rings is 1. The lowest BCUT2D eigenvalue weighted by molar-refractivity contribution is 0.0736. The molecule has 132 valence electrons. The molecular formula is C18H26N2O4. The average Bonchev–Trinajstić information content (AvgIpc) is 3.10. The molecule has 6 heteroatoms. The second kappa shape index (κ2) is 7.39. The highest BCUT2D eigenvalue weighted by molar-refractivity contribution is 5.91. The molecule has 0 aromatic carbocycles. The molecule has 0 aliphatic carbocycles. The second-order valence-electron chi connectivity index (χ2n) is 6.87. The Hall–Kier alpha value is -1.81. The van der Waals surface area contributed by atoms with Gasteiger partial charge in [-0.25, -0.2) is 0 Å². The maximum atomic E-state index is 12.4. The van der Waals surface area contributed by atoms with E-state index in [4.69, 9.17) is 9.15 Å². The van der Waals surface area contributed by atoms with Crippen LogP contribution in [-0.2, 0) is 4.74 Å². The largest absolute Gasteiger partial charge is 0.443 e. The van der Waals surface area contributed by atoms with Crippen LogP contribution < -0.4 is 5.32 Å². The van der Waals surface area contributed by atoms with Crippen LogP contribution in [0.1, 0.15) is 44.0 Å². The van der Waals surface area contributed by atoms with Gasteiger partial charge < -0.3 is 19.6 Å². The number of aliphatic hydroxyl groups is 1. The van der Waals surface area contributed by atoms with Gasteiger partial charge in [0.2, 0.25) is 0 Å². The lowest BCUT2D eigenvalue weighted by atomic mass is 10.1. The van der Waals surface area contributed by atoms with Crippen molar-refractivity contribution >= 4 is 5.91 Å². The van der Waals surface area contributed by atoms with Crippen LogP contribution in [-0.4, -0.2) is 59.9 Å². The molecule has 0 saturated carbocycles. The maximum Gasteiger partial charge on any atom is 0.287 e. The van der Waals surface area contributed by atoms with E-state index >= 15 is 0 Å². The predicted octanol–water partition coefficient (Wildman–Crippen LogP) is 1.24. The van der Waals surface area contributed by atoms with Crippen molar-refractivity contribution in [3.63, 3.8) is 0 Å². The standard InChI is InChI=1S/C18H26N2O4/c1-12(2)20-10-14(16(11-20)23-5)19-17(21)15-7-6-13(24-15)8-9-18(3,4)22/h6-7,12,14,16,22H,10-11H2,1-5H3,(H,19,21). The number of methoxy groups -OCH3 is 1. The van der Waals surface area contributed by atoms with Gasteiger partial charge in [-0.05, 0) is 45.7 Å². The van der Waals surface area contributed by atoms with Crippen molar-refractivity contribution in [1.29, 1.82) is 0 Å². The molecule has 2 atom stereocenters. The molecular weight excluding hydrogens is 308 g/mol. The molecule has 1 aromatic rings. The van der Waals surface area contributed by atoms with Gasteiger partial charge in [0.15, 0.2) is 11.5 Å². The normalized spacial score (nSPS) is 21.6. The average molecular weight is 334 g/mol. The third-order valence-corrected chi connectivity index (χ3v) is 3.97. The zero-order chi connectivity index (χ0) is 17.9. The van der Waals surface area contributed by atoms with E-state index in [-0.39, 0.29) is 23.8 Å². The van der Waals surface area contributed by atoms with Crippen LogP contribution in [0.5, 0.6) is 0 Å². The quantitative estimate of drug-likeness (QED) is 0.811. The first-order valence-electron chi connectivity index (χ1n) is 8.12. The molecule has 0 bridgehead atoms. The summed E-state index contributed by atoms with van der Waals surface area (Å²) in [7, 11) is 1.66. The second-order valence-corrected chi connectivity index (χ2v) is 6.87. The van der Waals surface area contributed by atoms with Crippen LogP contribution in [0.3, 0.4) is 0 Å². The van der Waals surface area contributed by atoms with Crippen molar-refractivity contribution < 1.29 is 19.1 Å². The number of nitrogens with one attached hydrogen (secondary N) is 1. The Balaban J connectivity index is 2.02. The van der Waals surface area contributed by atoms with E-state index in [1.165, 1.54) is 0 Å². The monoisotopic (exact) mass is 334 g/mol. The zero-order valence-electron chi connectivity index (χ0n) is 14.9. The first-order valence-corrected chi connectivity index (χ1v) is 8.12. The van der Waals surface area contributed by atoms with Gasteiger partial charge in [0, 0.05) is 26.2 Å². The van der Waals surface area contributed by atoms with Crippen molar-refractivity contribution in [2.45, 2.75) is 51.5 Å². The number of carbonyl (C=O) groups excluding carboxylic acids is 1. The molecule has 1 amide bonds. The minimum absolute atomic E-state index is 0.0410. The van der Waals surface area contributed by atoms with Gasteiger partial charge in [-0.3, -0.25) is 9.69 Å². The minimum atomic E-state index is -1.11. The van der Waals surface area contributed by atoms with Gasteiger partial charge in [-0.1, -0.05) is 5.92 Å². The molecule has 2 rings (SSSR count). The Labute approximate surface area is 143 Å². The van der Waals surface area contributed by atoms with Crippen LogP contribution in [0.4, 0.5) is 0 Å². The lowest BCUT2D eigenvalue weighted by Crippen LogP contribution is -2.43. The van der Waals surface area contributed by atoms with Crippen LogP contribution >= 0.6 is 0 Å². The number of hydrogen-bond donors (Lipinski definition) is 2. The zero-order valence-corrected chi connectivity index (χ0v) is 14.9. The molecule has 1 saturated heterocycles. The third kappa shape index (κ3) is 4.84. The Morgan fingerprint density at radius 3 is 2.75 bits per heavy atom. The highest BCUT2D eigenvalue weighted by atomic mass is 16.5. The summed E-state index contributed by atoms with van der Waals surface area (Å²) in [6.07, 6.45) is -0.0410. The first-order chi connectivity index (χ1) is 11.2. The molecule has 2 unspecified atom stereocenters. The lowest BCUT2D eigenvalue weighted by Gasteiger charge is -2.19. The van der Waals surface area contributed by atoms with Gasteiger partial charge >= 0.3 is 0 Å². The van der Waals surface area contributed by atoms with Crippen LogP contribution in [0.2, 0.25) is 0 Å². The molecule has 2 heterocycles. The number of carbonyl (C=O) groups is 1. The number of ether oxygens (including phenoxy) is 1. The van der Waals surface area contributed by atoms with Gasteiger partial charge in [-0.15, -0.1) is 0 Å².